The number of aryl methyl sites for hydroxylation is 2. The van der Waals surface area contributed by atoms with Gasteiger partial charge in [0.15, 0.2) is 0 Å². The molecule has 1 N–H and O–H groups in total. The van der Waals surface area contributed by atoms with Crippen LogP contribution in [0.3, 0.4) is 0 Å². The predicted molar refractivity (Wildman–Crippen MR) is 101 cm³/mol. The van der Waals surface area contributed by atoms with E-state index in [0.29, 0.717) is 17.6 Å². The van der Waals surface area contributed by atoms with Crippen molar-refractivity contribution in [1.29, 1.82) is 0 Å². The number of nitrogens with zero attached hydrogens (tertiary/aromatic N) is 1. The van der Waals surface area contributed by atoms with Gasteiger partial charge in [-0.2, -0.15) is 0 Å². The molecule has 0 spiro atoms. The Hall–Kier alpha value is -2.40. The Kier molecular flexibility index (Phi) is 4.53. The summed E-state index contributed by atoms with van der Waals surface area (Å²) in [5.41, 5.74) is 2.38. The van der Waals surface area contributed by atoms with Gasteiger partial charge in [0.2, 0.25) is 5.43 Å². The molecule has 4 nitrogen and oxygen atoms in total. The summed E-state index contributed by atoms with van der Waals surface area (Å²) in [7, 11) is 0. The molecule has 0 aliphatic rings. The molecule has 1 amide bonds. The van der Waals surface area contributed by atoms with Gasteiger partial charge in [-0.1, -0.05) is 33.6 Å². The molecule has 0 atom stereocenters. The van der Waals surface area contributed by atoms with Gasteiger partial charge in [-0.3, -0.25) is 9.59 Å². The Morgan fingerprint density at radius 3 is 2.71 bits per heavy atom. The van der Waals surface area contributed by atoms with Gasteiger partial charge >= 0.3 is 0 Å². The molecule has 2 aromatic carbocycles. The van der Waals surface area contributed by atoms with Crippen LogP contribution in [0.2, 0.25) is 0 Å². The van der Waals surface area contributed by atoms with Crippen LogP contribution in [0.25, 0.3) is 10.9 Å². The number of anilines is 1. The van der Waals surface area contributed by atoms with Gasteiger partial charge in [0.05, 0.1) is 5.52 Å². The van der Waals surface area contributed by atoms with E-state index < -0.39 is 5.91 Å². The van der Waals surface area contributed by atoms with Crippen molar-refractivity contribution in [1.82, 2.24) is 4.57 Å². The van der Waals surface area contributed by atoms with Gasteiger partial charge in [0.1, 0.15) is 5.56 Å². The highest BCUT2D eigenvalue weighted by Crippen LogP contribution is 2.18. The van der Waals surface area contributed by atoms with Crippen molar-refractivity contribution in [2.45, 2.75) is 20.4 Å². The van der Waals surface area contributed by atoms with Crippen molar-refractivity contribution in [3.8, 4) is 0 Å². The zero-order chi connectivity index (χ0) is 17.3. The first-order valence-corrected chi connectivity index (χ1v) is 8.49. The van der Waals surface area contributed by atoms with Gasteiger partial charge in [-0.05, 0) is 44.2 Å². The highest BCUT2D eigenvalue weighted by Gasteiger charge is 2.15. The summed E-state index contributed by atoms with van der Waals surface area (Å²) < 4.78 is 2.78. The van der Waals surface area contributed by atoms with Crippen molar-refractivity contribution in [3.05, 3.63) is 74.5 Å². The second kappa shape index (κ2) is 6.61. The minimum atomic E-state index is -0.399. The maximum absolute atomic E-state index is 12.8. The normalized spacial score (nSPS) is 10.8. The first-order chi connectivity index (χ1) is 11.5. The Bertz CT molecular complexity index is 992. The molecule has 0 fully saturated rings. The molecule has 0 aliphatic carbocycles. The van der Waals surface area contributed by atoms with E-state index in [-0.39, 0.29) is 11.0 Å². The molecule has 3 aromatic rings. The van der Waals surface area contributed by atoms with Crippen LogP contribution < -0.4 is 10.7 Å². The third-order valence-corrected chi connectivity index (χ3v) is 4.40. The molecule has 1 aromatic heterocycles. The minimum Gasteiger partial charge on any atom is -0.347 e. The average Bonchev–Trinajstić information content (AvgIpc) is 2.55. The molecule has 0 unspecified atom stereocenters. The predicted octanol–water partition coefficient (Wildman–Crippen LogP) is 4.34. The number of amides is 1. The monoisotopic (exact) mass is 384 g/mol. The van der Waals surface area contributed by atoms with Crippen LogP contribution >= 0.6 is 15.9 Å². The van der Waals surface area contributed by atoms with E-state index in [0.717, 1.165) is 15.6 Å². The Balaban J connectivity index is 2.10. The first-order valence-electron chi connectivity index (χ1n) is 7.70. The quantitative estimate of drug-likeness (QED) is 0.729. The summed E-state index contributed by atoms with van der Waals surface area (Å²) in [6.07, 6.45) is 1.63. The molecule has 3 rings (SSSR count). The second-order valence-electron chi connectivity index (χ2n) is 5.64. The number of pyridine rings is 1. The number of hydrogen-bond acceptors (Lipinski definition) is 2. The van der Waals surface area contributed by atoms with Crippen LogP contribution in [0.15, 0.2) is 57.9 Å². The zero-order valence-electron chi connectivity index (χ0n) is 13.5. The van der Waals surface area contributed by atoms with Crippen LogP contribution in [0.5, 0.6) is 0 Å². The summed E-state index contributed by atoms with van der Waals surface area (Å²) in [5.74, 6) is -0.399. The highest BCUT2D eigenvalue weighted by molar-refractivity contribution is 9.10. The molecule has 0 saturated carbocycles. The number of carbonyl (C=O) groups is 1. The number of rotatable bonds is 3. The Labute approximate surface area is 148 Å². The van der Waals surface area contributed by atoms with E-state index in [2.05, 4.69) is 21.2 Å². The topological polar surface area (TPSA) is 51.1 Å². The van der Waals surface area contributed by atoms with Gasteiger partial charge in [0.25, 0.3) is 5.91 Å². The first kappa shape index (κ1) is 16.5. The maximum atomic E-state index is 12.8. The summed E-state index contributed by atoms with van der Waals surface area (Å²) in [4.78, 5) is 25.4. The van der Waals surface area contributed by atoms with Crippen LogP contribution in [0.1, 0.15) is 22.8 Å². The average molecular weight is 385 g/mol. The molecule has 0 saturated heterocycles. The minimum absolute atomic E-state index is 0.148. The largest absolute Gasteiger partial charge is 0.347 e. The number of nitrogens with one attached hydrogen (secondary N) is 1. The zero-order valence-corrected chi connectivity index (χ0v) is 15.1. The van der Waals surface area contributed by atoms with Gasteiger partial charge in [-0.25, -0.2) is 0 Å². The fourth-order valence-electron chi connectivity index (χ4n) is 2.70. The van der Waals surface area contributed by atoms with E-state index >= 15 is 0 Å². The van der Waals surface area contributed by atoms with Crippen LogP contribution in [0.4, 0.5) is 5.69 Å². The van der Waals surface area contributed by atoms with Crippen LogP contribution in [-0.2, 0) is 6.54 Å². The lowest BCUT2D eigenvalue weighted by Crippen LogP contribution is -2.24. The maximum Gasteiger partial charge on any atom is 0.261 e. The lowest BCUT2D eigenvalue weighted by molar-refractivity contribution is 0.102. The number of benzene rings is 2. The lowest BCUT2D eigenvalue weighted by atomic mass is 10.1. The van der Waals surface area contributed by atoms with E-state index in [4.69, 9.17) is 0 Å². The number of halogens is 1. The SMILES string of the molecule is CCn1cc(C(=O)Nc2cccc(Br)c2)c(=O)c2cc(C)ccc21. The van der Waals surface area contributed by atoms with Gasteiger partial charge in [-0.15, -0.1) is 0 Å². The van der Waals surface area contributed by atoms with E-state index in [1.165, 1.54) is 0 Å². The molecule has 122 valence electrons. The van der Waals surface area contributed by atoms with Gasteiger partial charge in [0, 0.05) is 28.3 Å². The summed E-state index contributed by atoms with van der Waals surface area (Å²) in [6, 6.07) is 13.0. The molecule has 1 heterocycles. The van der Waals surface area contributed by atoms with Crippen LogP contribution in [0, 0.1) is 6.92 Å². The van der Waals surface area contributed by atoms with Crippen molar-refractivity contribution < 1.29 is 4.79 Å². The van der Waals surface area contributed by atoms with Crippen molar-refractivity contribution in [3.63, 3.8) is 0 Å². The molecule has 0 aliphatic heterocycles. The number of hydrogen-bond donors (Lipinski definition) is 1. The van der Waals surface area contributed by atoms with Crippen molar-refractivity contribution in [2.24, 2.45) is 0 Å². The second-order valence-corrected chi connectivity index (χ2v) is 6.56. The van der Waals surface area contributed by atoms with Crippen molar-refractivity contribution >= 4 is 38.4 Å². The molecule has 0 bridgehead atoms. The Morgan fingerprint density at radius 1 is 1.21 bits per heavy atom. The molecule has 5 heteroatoms. The molecule has 24 heavy (non-hydrogen) atoms. The van der Waals surface area contributed by atoms with Gasteiger partial charge < -0.3 is 9.88 Å². The number of fused-ring (bicyclic) bond motifs is 1. The number of aromatic nitrogens is 1. The van der Waals surface area contributed by atoms with E-state index in [9.17, 15) is 9.59 Å². The smallest absolute Gasteiger partial charge is 0.261 e. The summed E-state index contributed by atoms with van der Waals surface area (Å²) >= 11 is 3.37. The van der Waals surface area contributed by atoms with Crippen LogP contribution in [-0.4, -0.2) is 10.5 Å². The van der Waals surface area contributed by atoms with Crippen molar-refractivity contribution in [2.75, 3.05) is 5.32 Å². The Morgan fingerprint density at radius 2 is 2.00 bits per heavy atom. The highest BCUT2D eigenvalue weighted by atomic mass is 79.9. The molecule has 0 radical (unpaired) electrons. The standard InChI is InChI=1S/C19H17BrN2O2/c1-3-22-11-16(18(23)15-9-12(2)7-8-17(15)22)19(24)21-14-6-4-5-13(20)10-14/h4-11H,3H2,1-2H3,(H,21,24). The molecular weight excluding hydrogens is 368 g/mol. The van der Waals surface area contributed by atoms with E-state index in [1.807, 2.05) is 48.7 Å². The lowest BCUT2D eigenvalue weighted by Gasteiger charge is -2.12. The number of carbonyl (C=O) groups excluding carboxylic acids is 1. The molecular formula is C19H17BrN2O2. The third kappa shape index (κ3) is 3.12. The summed E-state index contributed by atoms with van der Waals surface area (Å²) in [6.45, 7) is 4.60. The fourth-order valence-corrected chi connectivity index (χ4v) is 3.10. The van der Waals surface area contributed by atoms with E-state index in [1.54, 1.807) is 18.3 Å². The fraction of sp³-hybridized carbons (Fsp3) is 0.158. The summed E-state index contributed by atoms with van der Waals surface area (Å²) in [5, 5.41) is 3.36. The third-order valence-electron chi connectivity index (χ3n) is 3.90.